The first kappa shape index (κ1) is 14.0. The smallest absolute Gasteiger partial charge is 0.255 e. The van der Waals surface area contributed by atoms with Gasteiger partial charge >= 0.3 is 0 Å². The van der Waals surface area contributed by atoms with Gasteiger partial charge in [0.25, 0.3) is 5.56 Å². The standard InChI is InChI=1S/C16H14N2OS2/c1-10-7-8-21-13(10)9-12-14(11-5-3-2-4-6-11)17-16(20)18-15(12)19/h2-8H,9H2,1H3,(H2,17,18,19,20). The third kappa shape index (κ3) is 2.89. The lowest BCUT2D eigenvalue weighted by molar-refractivity contribution is 1.02. The number of rotatable bonds is 3. The maximum atomic E-state index is 12.3. The van der Waals surface area contributed by atoms with E-state index in [0.29, 0.717) is 11.2 Å². The summed E-state index contributed by atoms with van der Waals surface area (Å²) in [4.78, 5) is 19.3. The van der Waals surface area contributed by atoms with Gasteiger partial charge in [-0.1, -0.05) is 30.3 Å². The molecule has 0 radical (unpaired) electrons. The Hall–Kier alpha value is -1.98. The van der Waals surface area contributed by atoms with E-state index < -0.39 is 0 Å². The maximum absolute atomic E-state index is 12.3. The van der Waals surface area contributed by atoms with Crippen molar-refractivity contribution >= 4 is 23.6 Å². The van der Waals surface area contributed by atoms with Gasteiger partial charge in [0.1, 0.15) is 0 Å². The van der Waals surface area contributed by atoms with Crippen molar-refractivity contribution in [2.75, 3.05) is 0 Å². The Morgan fingerprint density at radius 1 is 1.14 bits per heavy atom. The minimum Gasteiger partial charge on any atom is -0.331 e. The molecule has 2 N–H and O–H groups in total. The third-order valence-electron chi connectivity index (χ3n) is 3.41. The highest BCUT2D eigenvalue weighted by molar-refractivity contribution is 7.71. The van der Waals surface area contributed by atoms with Crippen molar-refractivity contribution in [2.45, 2.75) is 13.3 Å². The van der Waals surface area contributed by atoms with Crippen molar-refractivity contribution < 1.29 is 0 Å². The second-order valence-electron chi connectivity index (χ2n) is 4.83. The molecule has 0 atom stereocenters. The fraction of sp³-hybridized carbons (Fsp3) is 0.125. The van der Waals surface area contributed by atoms with E-state index in [1.165, 1.54) is 10.4 Å². The van der Waals surface area contributed by atoms with Crippen molar-refractivity contribution in [2.24, 2.45) is 0 Å². The molecule has 0 unspecified atom stereocenters. The second kappa shape index (κ2) is 5.79. The summed E-state index contributed by atoms with van der Waals surface area (Å²) in [6.07, 6.45) is 0.606. The van der Waals surface area contributed by atoms with E-state index in [4.69, 9.17) is 12.2 Å². The SMILES string of the molecule is Cc1ccsc1Cc1c(-c2ccccc2)[nH]c(=S)[nH]c1=O. The molecule has 1 aromatic carbocycles. The predicted octanol–water partition coefficient (Wildman–Crippen LogP) is 4.06. The first-order valence-corrected chi connectivity index (χ1v) is 7.88. The van der Waals surface area contributed by atoms with Crippen LogP contribution in [0.15, 0.2) is 46.6 Å². The number of aromatic amines is 2. The molecule has 0 fully saturated rings. The molecule has 0 bridgehead atoms. The molecular formula is C16H14N2OS2. The van der Waals surface area contributed by atoms with E-state index in [1.807, 2.05) is 35.7 Å². The summed E-state index contributed by atoms with van der Waals surface area (Å²) in [6, 6.07) is 11.9. The van der Waals surface area contributed by atoms with Crippen LogP contribution < -0.4 is 5.56 Å². The van der Waals surface area contributed by atoms with Gasteiger partial charge in [-0.05, 0) is 41.7 Å². The highest BCUT2D eigenvalue weighted by Gasteiger charge is 2.13. The van der Waals surface area contributed by atoms with Gasteiger partial charge in [0.2, 0.25) is 0 Å². The lowest BCUT2D eigenvalue weighted by atomic mass is 10.0. The Labute approximate surface area is 131 Å². The molecule has 21 heavy (non-hydrogen) atoms. The van der Waals surface area contributed by atoms with Crippen LogP contribution in [0.25, 0.3) is 11.3 Å². The molecular weight excluding hydrogens is 300 g/mol. The van der Waals surface area contributed by atoms with Crippen molar-refractivity contribution in [1.82, 2.24) is 9.97 Å². The molecule has 0 aliphatic heterocycles. The molecule has 0 saturated heterocycles. The Morgan fingerprint density at radius 3 is 2.57 bits per heavy atom. The minimum atomic E-state index is -0.120. The van der Waals surface area contributed by atoms with Crippen LogP contribution in [0.3, 0.4) is 0 Å². The summed E-state index contributed by atoms with van der Waals surface area (Å²) < 4.78 is 0.352. The number of aryl methyl sites for hydroxylation is 1. The Bertz CT molecular complexity index is 875. The van der Waals surface area contributed by atoms with Crippen LogP contribution >= 0.6 is 23.6 Å². The van der Waals surface area contributed by atoms with Crippen molar-refractivity contribution in [3.05, 3.63) is 72.9 Å². The molecule has 3 nitrogen and oxygen atoms in total. The maximum Gasteiger partial charge on any atom is 0.255 e. The second-order valence-corrected chi connectivity index (χ2v) is 6.24. The van der Waals surface area contributed by atoms with E-state index in [1.54, 1.807) is 11.3 Å². The number of thiophene rings is 1. The van der Waals surface area contributed by atoms with Gasteiger partial charge in [-0.2, -0.15) is 0 Å². The Balaban J connectivity index is 2.18. The molecule has 0 aliphatic rings. The van der Waals surface area contributed by atoms with Crippen molar-refractivity contribution in [3.8, 4) is 11.3 Å². The summed E-state index contributed by atoms with van der Waals surface area (Å²) in [7, 11) is 0. The van der Waals surface area contributed by atoms with E-state index in [0.717, 1.165) is 16.8 Å². The van der Waals surface area contributed by atoms with Crippen LogP contribution in [-0.4, -0.2) is 9.97 Å². The number of H-pyrrole nitrogens is 2. The van der Waals surface area contributed by atoms with Crippen molar-refractivity contribution in [1.29, 1.82) is 0 Å². The average Bonchev–Trinajstić information content (AvgIpc) is 2.88. The van der Waals surface area contributed by atoms with Crippen LogP contribution in [0.2, 0.25) is 0 Å². The monoisotopic (exact) mass is 314 g/mol. The topological polar surface area (TPSA) is 48.6 Å². The summed E-state index contributed by atoms with van der Waals surface area (Å²) in [5.41, 5.74) is 3.59. The number of aromatic nitrogens is 2. The lowest BCUT2D eigenvalue weighted by Gasteiger charge is -2.09. The predicted molar refractivity (Wildman–Crippen MR) is 89.5 cm³/mol. The van der Waals surface area contributed by atoms with Gasteiger partial charge in [-0.3, -0.25) is 9.78 Å². The van der Waals surface area contributed by atoms with Gasteiger partial charge in [0.15, 0.2) is 4.77 Å². The highest BCUT2D eigenvalue weighted by Crippen LogP contribution is 2.24. The largest absolute Gasteiger partial charge is 0.331 e. The molecule has 0 aliphatic carbocycles. The zero-order valence-corrected chi connectivity index (χ0v) is 13.1. The zero-order chi connectivity index (χ0) is 14.8. The van der Waals surface area contributed by atoms with E-state index in [2.05, 4.69) is 23.0 Å². The molecule has 3 aromatic rings. The van der Waals surface area contributed by atoms with Crippen LogP contribution in [0.5, 0.6) is 0 Å². The molecule has 0 spiro atoms. The first-order valence-electron chi connectivity index (χ1n) is 6.59. The average molecular weight is 314 g/mol. The van der Waals surface area contributed by atoms with Gasteiger partial charge in [-0.15, -0.1) is 11.3 Å². The molecule has 2 aromatic heterocycles. The number of benzene rings is 1. The molecule has 2 heterocycles. The van der Waals surface area contributed by atoms with Crippen LogP contribution in [0.4, 0.5) is 0 Å². The summed E-state index contributed by atoms with van der Waals surface area (Å²) >= 11 is 6.78. The Kier molecular flexibility index (Phi) is 3.86. The van der Waals surface area contributed by atoms with E-state index in [-0.39, 0.29) is 5.56 Å². The Morgan fingerprint density at radius 2 is 1.90 bits per heavy atom. The van der Waals surface area contributed by atoms with E-state index in [9.17, 15) is 4.79 Å². The molecule has 0 amide bonds. The van der Waals surface area contributed by atoms with E-state index >= 15 is 0 Å². The normalized spacial score (nSPS) is 10.7. The first-order chi connectivity index (χ1) is 10.1. The quantitative estimate of drug-likeness (QED) is 0.716. The van der Waals surface area contributed by atoms with Gasteiger partial charge in [0.05, 0.1) is 5.69 Å². The highest BCUT2D eigenvalue weighted by atomic mass is 32.1. The number of nitrogens with one attached hydrogen (secondary N) is 2. The van der Waals surface area contributed by atoms with Gasteiger partial charge in [-0.25, -0.2) is 0 Å². The van der Waals surface area contributed by atoms with Crippen LogP contribution in [0.1, 0.15) is 16.0 Å². The van der Waals surface area contributed by atoms with Gasteiger partial charge < -0.3 is 4.98 Å². The van der Waals surface area contributed by atoms with Gasteiger partial charge in [0, 0.05) is 16.9 Å². The summed E-state index contributed by atoms with van der Waals surface area (Å²) in [5, 5.41) is 2.05. The molecule has 106 valence electrons. The number of hydrogen-bond acceptors (Lipinski definition) is 3. The molecule has 3 rings (SSSR count). The minimum absolute atomic E-state index is 0.120. The summed E-state index contributed by atoms with van der Waals surface area (Å²) in [5.74, 6) is 0. The molecule has 0 saturated carbocycles. The van der Waals surface area contributed by atoms with Crippen LogP contribution in [-0.2, 0) is 6.42 Å². The molecule has 5 heteroatoms. The lowest BCUT2D eigenvalue weighted by Crippen LogP contribution is -2.16. The third-order valence-corrected chi connectivity index (χ3v) is 4.64. The van der Waals surface area contributed by atoms with Crippen molar-refractivity contribution in [3.63, 3.8) is 0 Å². The number of hydrogen-bond donors (Lipinski definition) is 2. The zero-order valence-electron chi connectivity index (χ0n) is 11.5. The summed E-state index contributed by atoms with van der Waals surface area (Å²) in [6.45, 7) is 2.06. The fourth-order valence-corrected chi connectivity index (χ4v) is 3.39. The van der Waals surface area contributed by atoms with Crippen LogP contribution in [0, 0.1) is 11.7 Å². The fourth-order valence-electron chi connectivity index (χ4n) is 2.28.